The van der Waals surface area contributed by atoms with E-state index in [1.165, 1.54) is 0 Å². The van der Waals surface area contributed by atoms with Crippen LogP contribution in [-0.4, -0.2) is 37.0 Å². The molecule has 0 aliphatic carbocycles. The topological polar surface area (TPSA) is 85.5 Å². The fourth-order valence-corrected chi connectivity index (χ4v) is 3.36. The summed E-state index contributed by atoms with van der Waals surface area (Å²) >= 11 is 0. The van der Waals surface area contributed by atoms with Crippen molar-refractivity contribution in [2.24, 2.45) is 0 Å². The van der Waals surface area contributed by atoms with Crippen LogP contribution in [0.5, 0.6) is 11.5 Å². The minimum atomic E-state index is -0.324. The maximum atomic E-state index is 12.4. The van der Waals surface area contributed by atoms with E-state index in [9.17, 15) is 4.79 Å². The molecule has 0 unspecified atom stereocenters. The van der Waals surface area contributed by atoms with Gasteiger partial charge in [0.05, 0.1) is 31.4 Å². The van der Waals surface area contributed by atoms with Gasteiger partial charge in [-0.3, -0.25) is 5.10 Å². The second kappa shape index (κ2) is 5.30. The first-order valence-electron chi connectivity index (χ1n) is 7.58. The Kier molecular flexibility index (Phi) is 3.23. The number of benzene rings is 1. The number of carbonyl (C=O) groups excluding carboxylic acids is 1. The van der Waals surface area contributed by atoms with E-state index in [1.807, 2.05) is 25.1 Å². The Morgan fingerprint density at radius 2 is 2.12 bits per heavy atom. The lowest BCUT2D eigenvalue weighted by Gasteiger charge is -2.26. The van der Waals surface area contributed by atoms with Crippen molar-refractivity contribution in [1.29, 1.82) is 0 Å². The molecule has 3 heterocycles. The van der Waals surface area contributed by atoms with Crippen LogP contribution in [0, 0.1) is 6.92 Å². The van der Waals surface area contributed by atoms with Gasteiger partial charge in [-0.25, -0.2) is 4.79 Å². The number of carbonyl (C=O) groups is 1. The Labute approximate surface area is 138 Å². The van der Waals surface area contributed by atoms with Gasteiger partial charge in [0.25, 0.3) is 0 Å². The zero-order valence-electron chi connectivity index (χ0n) is 13.6. The standard InChI is InChI=1S/C17H17N3O4/c1-8-13-14(10-6-9(22-2)4-5-12(10)23-3)15-11(7-24-17(15)21)18-16(13)20-19-8/h4-6,14H,7H2,1-3H3,(H2,18,19,20)/t14-/m1/s1. The van der Waals surface area contributed by atoms with Crippen molar-refractivity contribution in [2.45, 2.75) is 12.8 Å². The molecule has 24 heavy (non-hydrogen) atoms. The quantitative estimate of drug-likeness (QED) is 0.840. The van der Waals surface area contributed by atoms with Crippen molar-refractivity contribution in [3.63, 3.8) is 0 Å². The highest BCUT2D eigenvalue weighted by atomic mass is 16.5. The van der Waals surface area contributed by atoms with Crippen molar-refractivity contribution < 1.29 is 19.0 Å². The van der Waals surface area contributed by atoms with Crippen LogP contribution < -0.4 is 14.8 Å². The third-order valence-electron chi connectivity index (χ3n) is 4.48. The monoisotopic (exact) mass is 327 g/mol. The first-order valence-corrected chi connectivity index (χ1v) is 7.58. The van der Waals surface area contributed by atoms with Gasteiger partial charge in [0.15, 0.2) is 5.82 Å². The summed E-state index contributed by atoms with van der Waals surface area (Å²) in [6.45, 7) is 2.15. The molecule has 0 radical (unpaired) electrons. The summed E-state index contributed by atoms with van der Waals surface area (Å²) in [6.07, 6.45) is 0. The van der Waals surface area contributed by atoms with Gasteiger partial charge < -0.3 is 19.5 Å². The van der Waals surface area contributed by atoms with E-state index in [1.54, 1.807) is 14.2 Å². The molecule has 0 saturated heterocycles. The number of aromatic amines is 1. The second-order valence-corrected chi connectivity index (χ2v) is 5.75. The van der Waals surface area contributed by atoms with Gasteiger partial charge in [-0.15, -0.1) is 0 Å². The third-order valence-corrected chi connectivity index (χ3v) is 4.48. The number of anilines is 1. The molecule has 0 saturated carbocycles. The molecule has 7 nitrogen and oxygen atoms in total. The largest absolute Gasteiger partial charge is 0.497 e. The number of rotatable bonds is 3. The predicted octanol–water partition coefficient (Wildman–Crippen LogP) is 2.10. The first kappa shape index (κ1) is 14.6. The fraction of sp³-hybridized carbons (Fsp3) is 0.294. The smallest absolute Gasteiger partial charge is 0.337 e. The van der Waals surface area contributed by atoms with Crippen molar-refractivity contribution in [3.05, 3.63) is 46.3 Å². The summed E-state index contributed by atoms with van der Waals surface area (Å²) in [5, 5.41) is 10.5. The highest BCUT2D eigenvalue weighted by Crippen LogP contribution is 2.47. The number of fused-ring (bicyclic) bond motifs is 1. The number of hydrogen-bond donors (Lipinski definition) is 2. The second-order valence-electron chi connectivity index (χ2n) is 5.75. The molecule has 1 aromatic heterocycles. The normalized spacial score (nSPS) is 18.6. The van der Waals surface area contributed by atoms with Crippen LogP contribution in [-0.2, 0) is 9.53 Å². The summed E-state index contributed by atoms with van der Waals surface area (Å²) < 4.78 is 16.1. The highest BCUT2D eigenvalue weighted by Gasteiger charge is 2.41. The van der Waals surface area contributed by atoms with Crippen LogP contribution in [0.4, 0.5) is 5.82 Å². The van der Waals surface area contributed by atoms with Gasteiger partial charge in [0, 0.05) is 16.8 Å². The Morgan fingerprint density at radius 3 is 2.88 bits per heavy atom. The summed E-state index contributed by atoms with van der Waals surface area (Å²) in [7, 11) is 3.22. The molecule has 0 fully saturated rings. The number of ether oxygens (including phenoxy) is 3. The van der Waals surface area contributed by atoms with Gasteiger partial charge in [0.2, 0.25) is 0 Å². The molecule has 124 valence electrons. The molecule has 2 aliphatic heterocycles. The number of nitrogens with zero attached hydrogens (tertiary/aromatic N) is 1. The fourth-order valence-electron chi connectivity index (χ4n) is 3.36. The van der Waals surface area contributed by atoms with Gasteiger partial charge in [-0.2, -0.15) is 5.10 Å². The van der Waals surface area contributed by atoms with E-state index in [-0.39, 0.29) is 18.5 Å². The minimum absolute atomic E-state index is 0.225. The molecule has 0 amide bonds. The van der Waals surface area contributed by atoms with Crippen LogP contribution in [0.3, 0.4) is 0 Å². The van der Waals surface area contributed by atoms with Gasteiger partial charge in [0.1, 0.15) is 18.1 Å². The number of H-pyrrole nitrogens is 1. The Bertz CT molecular complexity index is 869. The van der Waals surface area contributed by atoms with Crippen molar-refractivity contribution in [2.75, 3.05) is 26.1 Å². The minimum Gasteiger partial charge on any atom is -0.497 e. The summed E-state index contributed by atoms with van der Waals surface area (Å²) in [5.74, 6) is 1.44. The number of aryl methyl sites for hydroxylation is 1. The molecule has 0 spiro atoms. The molecular weight excluding hydrogens is 310 g/mol. The number of aromatic nitrogens is 2. The van der Waals surface area contributed by atoms with Gasteiger partial charge >= 0.3 is 5.97 Å². The first-order chi connectivity index (χ1) is 11.6. The van der Waals surface area contributed by atoms with E-state index in [0.717, 1.165) is 22.5 Å². The van der Waals surface area contributed by atoms with Crippen molar-refractivity contribution in [1.82, 2.24) is 10.2 Å². The number of nitrogens with one attached hydrogen (secondary N) is 2. The third kappa shape index (κ3) is 1.97. The lowest BCUT2D eigenvalue weighted by molar-refractivity contribution is -0.136. The molecule has 1 aromatic carbocycles. The average molecular weight is 327 g/mol. The van der Waals surface area contributed by atoms with E-state index in [2.05, 4.69) is 15.5 Å². The summed E-state index contributed by atoms with van der Waals surface area (Å²) in [6, 6.07) is 5.56. The van der Waals surface area contributed by atoms with E-state index in [4.69, 9.17) is 14.2 Å². The maximum Gasteiger partial charge on any atom is 0.337 e. The van der Waals surface area contributed by atoms with Crippen LogP contribution in [0.2, 0.25) is 0 Å². The zero-order valence-corrected chi connectivity index (χ0v) is 13.6. The molecule has 1 atom stereocenters. The summed E-state index contributed by atoms with van der Waals surface area (Å²) in [4.78, 5) is 12.4. The Balaban J connectivity index is 1.98. The zero-order chi connectivity index (χ0) is 16.8. The van der Waals surface area contributed by atoms with E-state index < -0.39 is 0 Å². The highest BCUT2D eigenvalue weighted by molar-refractivity contribution is 5.97. The Morgan fingerprint density at radius 1 is 1.29 bits per heavy atom. The van der Waals surface area contributed by atoms with Crippen molar-refractivity contribution in [3.8, 4) is 11.5 Å². The Hall–Kier alpha value is -2.96. The number of hydrogen-bond acceptors (Lipinski definition) is 6. The molecular formula is C17H17N3O4. The van der Waals surface area contributed by atoms with Gasteiger partial charge in [-0.1, -0.05) is 0 Å². The van der Waals surface area contributed by atoms with Crippen LogP contribution >= 0.6 is 0 Å². The van der Waals surface area contributed by atoms with E-state index >= 15 is 0 Å². The van der Waals surface area contributed by atoms with E-state index in [0.29, 0.717) is 22.9 Å². The molecule has 7 heteroatoms. The summed E-state index contributed by atoms with van der Waals surface area (Å²) in [5.41, 5.74) is 3.99. The maximum absolute atomic E-state index is 12.4. The SMILES string of the molecule is COc1ccc(OC)c([C@H]2C3=C(COC3=O)Nc3n[nH]c(C)c32)c1. The van der Waals surface area contributed by atoms with Crippen LogP contribution in [0.15, 0.2) is 29.5 Å². The number of methoxy groups -OCH3 is 2. The molecule has 0 bridgehead atoms. The average Bonchev–Trinajstić information content (AvgIpc) is 3.16. The lowest BCUT2D eigenvalue weighted by Crippen LogP contribution is -2.20. The lowest BCUT2D eigenvalue weighted by atomic mass is 9.81. The molecule has 2 aliphatic rings. The van der Waals surface area contributed by atoms with Crippen LogP contribution in [0.25, 0.3) is 0 Å². The predicted molar refractivity (Wildman–Crippen MR) is 86.3 cm³/mol. The number of cyclic esters (lactones) is 1. The molecule has 4 rings (SSSR count). The van der Waals surface area contributed by atoms with Crippen LogP contribution in [0.1, 0.15) is 22.7 Å². The van der Waals surface area contributed by atoms with Gasteiger partial charge in [-0.05, 0) is 25.1 Å². The molecule has 2 N–H and O–H groups in total. The number of esters is 1. The molecule has 2 aromatic rings. The van der Waals surface area contributed by atoms with Crippen molar-refractivity contribution >= 4 is 11.8 Å².